The molecule has 2 aromatic carbocycles. The zero-order chi connectivity index (χ0) is 21.1. The average molecular weight is 417 g/mol. The number of ether oxygens (including phenoxy) is 1. The predicted octanol–water partition coefficient (Wildman–Crippen LogP) is 3.79. The molecule has 0 aliphatic heterocycles. The van der Waals surface area contributed by atoms with Gasteiger partial charge in [0.1, 0.15) is 12.6 Å². The summed E-state index contributed by atoms with van der Waals surface area (Å²) in [4.78, 5) is 25.0. The zero-order valence-electron chi connectivity index (χ0n) is 16.9. The summed E-state index contributed by atoms with van der Waals surface area (Å²) in [6.07, 6.45) is 0.512. The van der Waals surface area contributed by atoms with E-state index in [1.54, 1.807) is 6.92 Å². The van der Waals surface area contributed by atoms with E-state index in [-0.39, 0.29) is 31.5 Å². The fourth-order valence-electron chi connectivity index (χ4n) is 2.81. The molecule has 0 bridgehead atoms. The minimum atomic E-state index is -2.83. The maximum absolute atomic E-state index is 12.6. The lowest BCUT2D eigenvalue weighted by molar-refractivity contribution is -0.149. The highest BCUT2D eigenvalue weighted by molar-refractivity contribution is 7.58. The molecule has 1 amide bonds. The van der Waals surface area contributed by atoms with Gasteiger partial charge in [-0.05, 0) is 24.5 Å². The number of nitrogens with one attached hydrogen (secondary N) is 1. The van der Waals surface area contributed by atoms with Crippen molar-refractivity contribution >= 4 is 19.2 Å². The minimum Gasteiger partial charge on any atom is -0.459 e. The molecule has 0 saturated heterocycles. The summed E-state index contributed by atoms with van der Waals surface area (Å²) in [6.45, 7) is 3.75. The first kappa shape index (κ1) is 22.9. The average Bonchev–Trinajstić information content (AvgIpc) is 2.71. The van der Waals surface area contributed by atoms with E-state index in [4.69, 9.17) is 9.26 Å². The summed E-state index contributed by atoms with van der Waals surface area (Å²) in [7, 11) is -2.83. The molecule has 29 heavy (non-hydrogen) atoms. The van der Waals surface area contributed by atoms with E-state index in [0.717, 1.165) is 11.1 Å². The molecule has 0 heterocycles. The van der Waals surface area contributed by atoms with Crippen LogP contribution in [0.4, 0.5) is 0 Å². The van der Waals surface area contributed by atoms with E-state index in [0.29, 0.717) is 6.61 Å². The normalized spacial score (nSPS) is 13.9. The van der Waals surface area contributed by atoms with Gasteiger partial charge in [-0.15, -0.1) is 0 Å². The fraction of sp³-hybridized carbons (Fsp3) is 0.364. The lowest BCUT2D eigenvalue weighted by Crippen LogP contribution is -2.43. The summed E-state index contributed by atoms with van der Waals surface area (Å²) in [5.74, 6) is -0.841. The maximum atomic E-state index is 12.6. The Labute approximate surface area is 172 Å². The molecule has 0 aliphatic rings. The fourth-order valence-corrected chi connectivity index (χ4v) is 4.21. The molecule has 0 aromatic heterocycles. The van der Waals surface area contributed by atoms with Gasteiger partial charge in [-0.3, -0.25) is 9.36 Å². The third kappa shape index (κ3) is 8.63. The van der Waals surface area contributed by atoms with E-state index in [1.165, 1.54) is 6.66 Å². The molecular weight excluding hydrogens is 389 g/mol. The van der Waals surface area contributed by atoms with Crippen molar-refractivity contribution in [3.63, 3.8) is 0 Å². The number of carbonyl (C=O) groups excluding carboxylic acids is 2. The van der Waals surface area contributed by atoms with Gasteiger partial charge in [0.15, 0.2) is 7.37 Å². The first-order chi connectivity index (χ1) is 13.9. The molecule has 0 fully saturated rings. The van der Waals surface area contributed by atoms with Gasteiger partial charge < -0.3 is 14.6 Å². The summed E-state index contributed by atoms with van der Waals surface area (Å²) in [5.41, 5.74) is 1.70. The molecule has 0 spiro atoms. The monoisotopic (exact) mass is 417 g/mol. The van der Waals surface area contributed by atoms with Gasteiger partial charge in [-0.1, -0.05) is 60.7 Å². The molecule has 156 valence electrons. The molecule has 6 nitrogen and oxygen atoms in total. The van der Waals surface area contributed by atoms with Crippen LogP contribution in [-0.2, 0) is 36.4 Å². The van der Waals surface area contributed by atoms with Gasteiger partial charge >= 0.3 is 5.97 Å². The number of hydrogen-bond donors (Lipinski definition) is 1. The largest absolute Gasteiger partial charge is 0.459 e. The second-order valence-corrected chi connectivity index (χ2v) is 9.55. The van der Waals surface area contributed by atoms with Crippen molar-refractivity contribution in [2.45, 2.75) is 32.4 Å². The second-order valence-electron chi connectivity index (χ2n) is 6.82. The second kappa shape index (κ2) is 11.5. The Morgan fingerprint density at radius 1 is 1.00 bits per heavy atom. The molecule has 7 heteroatoms. The van der Waals surface area contributed by atoms with Crippen molar-refractivity contribution in [3.8, 4) is 0 Å². The Kier molecular flexibility index (Phi) is 9.10. The number of esters is 1. The Morgan fingerprint density at radius 2 is 1.59 bits per heavy atom. The van der Waals surface area contributed by atoms with Crippen LogP contribution in [0.2, 0.25) is 0 Å². The highest BCUT2D eigenvalue weighted by Crippen LogP contribution is 2.43. The quantitative estimate of drug-likeness (QED) is 0.444. The van der Waals surface area contributed by atoms with Crippen LogP contribution >= 0.6 is 7.37 Å². The van der Waals surface area contributed by atoms with Crippen LogP contribution in [0, 0.1) is 0 Å². The van der Waals surface area contributed by atoms with Gasteiger partial charge in [-0.2, -0.15) is 0 Å². The van der Waals surface area contributed by atoms with E-state index in [9.17, 15) is 14.2 Å². The van der Waals surface area contributed by atoms with Crippen LogP contribution in [-0.4, -0.2) is 37.4 Å². The summed E-state index contributed by atoms with van der Waals surface area (Å²) >= 11 is 0. The van der Waals surface area contributed by atoms with Gasteiger partial charge in [0.05, 0.1) is 13.0 Å². The topological polar surface area (TPSA) is 81.7 Å². The van der Waals surface area contributed by atoms with Crippen molar-refractivity contribution < 1.29 is 23.4 Å². The molecule has 2 atom stereocenters. The Bertz CT molecular complexity index is 826. The molecule has 1 N–H and O–H groups in total. The Balaban J connectivity index is 2.00. The predicted molar refractivity (Wildman–Crippen MR) is 113 cm³/mol. The summed E-state index contributed by atoms with van der Waals surface area (Å²) in [6, 6.07) is 17.7. The first-order valence-electron chi connectivity index (χ1n) is 9.64. The standard InChI is InChI=1S/C22H28NO5P/c1-3-28-29(2,26)15-14-20(22(25)27-17-19-12-8-5-9-13-19)23-21(24)16-18-10-6-4-7-11-18/h4-13,20H,3,14-17H2,1-2H3,(H,23,24). The van der Waals surface area contributed by atoms with E-state index < -0.39 is 19.4 Å². The Hall–Kier alpha value is -2.43. The Morgan fingerprint density at radius 3 is 2.17 bits per heavy atom. The van der Waals surface area contributed by atoms with E-state index in [1.807, 2.05) is 60.7 Å². The minimum absolute atomic E-state index is 0.111. The number of amides is 1. The first-order valence-corrected chi connectivity index (χ1v) is 11.9. The maximum Gasteiger partial charge on any atom is 0.328 e. The smallest absolute Gasteiger partial charge is 0.328 e. The summed E-state index contributed by atoms with van der Waals surface area (Å²) in [5, 5.41) is 2.73. The van der Waals surface area contributed by atoms with Gasteiger partial charge in [-0.25, -0.2) is 4.79 Å². The van der Waals surface area contributed by atoms with Gasteiger partial charge in [0.25, 0.3) is 0 Å². The number of carbonyl (C=O) groups is 2. The third-order valence-corrected chi connectivity index (χ3v) is 6.15. The lowest BCUT2D eigenvalue weighted by atomic mass is 10.1. The summed E-state index contributed by atoms with van der Waals surface area (Å²) < 4.78 is 23.1. The van der Waals surface area contributed by atoms with Crippen LogP contribution in [0.3, 0.4) is 0 Å². The van der Waals surface area contributed by atoms with Crippen molar-refractivity contribution in [2.75, 3.05) is 19.4 Å². The van der Waals surface area contributed by atoms with Crippen LogP contribution in [0.1, 0.15) is 24.5 Å². The molecule has 2 aromatic rings. The van der Waals surface area contributed by atoms with Crippen molar-refractivity contribution in [3.05, 3.63) is 71.8 Å². The van der Waals surface area contributed by atoms with Crippen molar-refractivity contribution in [1.82, 2.24) is 5.32 Å². The van der Waals surface area contributed by atoms with Crippen LogP contribution in [0.25, 0.3) is 0 Å². The van der Waals surface area contributed by atoms with E-state index >= 15 is 0 Å². The number of rotatable bonds is 11. The highest BCUT2D eigenvalue weighted by Gasteiger charge is 2.26. The lowest BCUT2D eigenvalue weighted by Gasteiger charge is -2.20. The number of hydrogen-bond acceptors (Lipinski definition) is 5. The van der Waals surface area contributed by atoms with Gasteiger partial charge in [0.2, 0.25) is 5.91 Å². The van der Waals surface area contributed by atoms with Crippen LogP contribution in [0.15, 0.2) is 60.7 Å². The van der Waals surface area contributed by atoms with Crippen molar-refractivity contribution in [2.24, 2.45) is 0 Å². The molecule has 2 rings (SSSR count). The van der Waals surface area contributed by atoms with Gasteiger partial charge in [0, 0.05) is 12.8 Å². The zero-order valence-corrected chi connectivity index (χ0v) is 17.8. The van der Waals surface area contributed by atoms with E-state index in [2.05, 4.69) is 5.32 Å². The molecule has 2 unspecified atom stereocenters. The van der Waals surface area contributed by atoms with Crippen LogP contribution in [0.5, 0.6) is 0 Å². The highest BCUT2D eigenvalue weighted by atomic mass is 31.2. The number of benzene rings is 2. The SMILES string of the molecule is CCOP(C)(=O)CCC(NC(=O)Cc1ccccc1)C(=O)OCc1ccccc1. The molecular formula is C22H28NO5P. The molecule has 0 saturated carbocycles. The third-order valence-electron chi connectivity index (χ3n) is 4.28. The van der Waals surface area contributed by atoms with Crippen LogP contribution < -0.4 is 5.32 Å². The molecule has 0 aliphatic carbocycles. The molecule has 0 radical (unpaired) electrons. The van der Waals surface area contributed by atoms with Crippen molar-refractivity contribution in [1.29, 1.82) is 0 Å².